The van der Waals surface area contributed by atoms with E-state index in [0.717, 1.165) is 31.1 Å². The third-order valence-corrected chi connectivity index (χ3v) is 7.02. The molecule has 0 bridgehead atoms. The molecule has 0 amide bonds. The molecule has 0 spiro atoms. The third kappa shape index (κ3) is 5.32. The monoisotopic (exact) mass is 406 g/mol. The Hall–Kier alpha value is -1.40. The molecular formula is C21H27ClN2O2S. The van der Waals surface area contributed by atoms with Crippen molar-refractivity contribution >= 4 is 21.6 Å². The fraction of sp³-hybridized carbons (Fsp3) is 0.429. The van der Waals surface area contributed by atoms with E-state index < -0.39 is 10.0 Å². The van der Waals surface area contributed by atoms with Gasteiger partial charge in [-0.05, 0) is 47.7 Å². The summed E-state index contributed by atoms with van der Waals surface area (Å²) in [6.07, 6.45) is 0.962. The number of nitrogens with zero attached hydrogens (tertiary/aromatic N) is 2. The van der Waals surface area contributed by atoms with Gasteiger partial charge in [0, 0.05) is 37.7 Å². The Morgan fingerprint density at radius 1 is 0.889 bits per heavy atom. The van der Waals surface area contributed by atoms with Crippen molar-refractivity contribution in [2.24, 2.45) is 5.92 Å². The minimum atomic E-state index is -3.42. The second kappa shape index (κ2) is 8.74. The van der Waals surface area contributed by atoms with E-state index in [1.54, 1.807) is 16.4 Å². The summed E-state index contributed by atoms with van der Waals surface area (Å²) in [6.45, 7) is 7.63. The standard InChI is InChI=1S/C21H27ClN2O2S/c1-17(2)15-18-5-9-21(10-6-18)27(25,26)24-13-11-23(12-14-24)16-19-3-7-20(22)8-4-19/h3-10,17H,11-16H2,1-2H3. The molecule has 2 aromatic rings. The summed E-state index contributed by atoms with van der Waals surface area (Å²) in [5.41, 5.74) is 2.37. The van der Waals surface area contributed by atoms with E-state index in [1.165, 1.54) is 11.1 Å². The summed E-state index contributed by atoms with van der Waals surface area (Å²) in [5, 5.41) is 0.731. The smallest absolute Gasteiger partial charge is 0.243 e. The molecule has 0 aromatic heterocycles. The molecule has 4 nitrogen and oxygen atoms in total. The van der Waals surface area contributed by atoms with E-state index in [9.17, 15) is 8.42 Å². The molecule has 1 aliphatic heterocycles. The number of hydrogen-bond acceptors (Lipinski definition) is 3. The van der Waals surface area contributed by atoms with Crippen LogP contribution in [0.5, 0.6) is 0 Å². The van der Waals surface area contributed by atoms with Crippen molar-refractivity contribution in [3.05, 3.63) is 64.7 Å². The third-order valence-electron chi connectivity index (χ3n) is 4.86. The lowest BCUT2D eigenvalue weighted by Crippen LogP contribution is -2.48. The first kappa shape index (κ1) is 20.3. The summed E-state index contributed by atoms with van der Waals surface area (Å²) in [7, 11) is -3.42. The number of halogens is 1. The number of rotatable bonds is 6. The zero-order valence-electron chi connectivity index (χ0n) is 15.9. The van der Waals surface area contributed by atoms with Gasteiger partial charge in [0.1, 0.15) is 0 Å². The first-order chi connectivity index (χ1) is 12.8. The van der Waals surface area contributed by atoms with E-state index in [4.69, 9.17) is 11.6 Å². The molecule has 0 aliphatic carbocycles. The van der Waals surface area contributed by atoms with Crippen molar-refractivity contribution in [1.82, 2.24) is 9.21 Å². The number of sulfonamides is 1. The van der Waals surface area contributed by atoms with Gasteiger partial charge < -0.3 is 0 Å². The fourth-order valence-corrected chi connectivity index (χ4v) is 4.94. The average molecular weight is 407 g/mol. The largest absolute Gasteiger partial charge is 0.296 e. The van der Waals surface area contributed by atoms with Gasteiger partial charge in [0.15, 0.2) is 0 Å². The van der Waals surface area contributed by atoms with Crippen LogP contribution in [0.1, 0.15) is 25.0 Å². The zero-order chi connectivity index (χ0) is 19.4. The summed E-state index contributed by atoms with van der Waals surface area (Å²) in [5.74, 6) is 0.557. The molecular weight excluding hydrogens is 380 g/mol. The summed E-state index contributed by atoms with van der Waals surface area (Å²) < 4.78 is 27.4. The Labute approximate surface area is 167 Å². The van der Waals surface area contributed by atoms with Gasteiger partial charge in [0.2, 0.25) is 10.0 Å². The quantitative estimate of drug-likeness (QED) is 0.726. The first-order valence-electron chi connectivity index (χ1n) is 9.40. The lowest BCUT2D eigenvalue weighted by molar-refractivity contribution is 0.181. The minimum absolute atomic E-state index is 0.390. The van der Waals surface area contributed by atoms with E-state index in [-0.39, 0.29) is 0 Å². The van der Waals surface area contributed by atoms with Gasteiger partial charge in [-0.2, -0.15) is 4.31 Å². The van der Waals surface area contributed by atoms with Crippen molar-refractivity contribution in [2.75, 3.05) is 26.2 Å². The van der Waals surface area contributed by atoms with Crippen LogP contribution in [-0.4, -0.2) is 43.8 Å². The van der Waals surface area contributed by atoms with Gasteiger partial charge in [0.25, 0.3) is 0 Å². The molecule has 1 heterocycles. The Balaban J connectivity index is 1.59. The highest BCUT2D eigenvalue weighted by Crippen LogP contribution is 2.20. The SMILES string of the molecule is CC(C)Cc1ccc(S(=O)(=O)N2CCN(Cc3ccc(Cl)cc3)CC2)cc1. The molecule has 1 saturated heterocycles. The van der Waals surface area contributed by atoms with Gasteiger partial charge in [-0.3, -0.25) is 4.90 Å². The van der Waals surface area contributed by atoms with Crippen LogP contribution in [-0.2, 0) is 23.0 Å². The van der Waals surface area contributed by atoms with Gasteiger partial charge >= 0.3 is 0 Å². The maximum absolute atomic E-state index is 12.9. The topological polar surface area (TPSA) is 40.6 Å². The molecule has 0 saturated carbocycles. The molecule has 0 atom stereocenters. The highest BCUT2D eigenvalue weighted by Gasteiger charge is 2.28. The molecule has 1 aliphatic rings. The zero-order valence-corrected chi connectivity index (χ0v) is 17.5. The lowest BCUT2D eigenvalue weighted by Gasteiger charge is -2.34. The molecule has 6 heteroatoms. The minimum Gasteiger partial charge on any atom is -0.296 e. The number of benzene rings is 2. The van der Waals surface area contributed by atoms with Crippen molar-refractivity contribution in [2.45, 2.75) is 31.7 Å². The predicted octanol–water partition coefficient (Wildman–Crippen LogP) is 4.05. The molecule has 0 N–H and O–H groups in total. The van der Waals surface area contributed by atoms with Crippen LogP contribution in [0.3, 0.4) is 0 Å². The summed E-state index contributed by atoms with van der Waals surface area (Å²) in [4.78, 5) is 2.67. The molecule has 146 valence electrons. The second-order valence-electron chi connectivity index (χ2n) is 7.55. The van der Waals surface area contributed by atoms with E-state index in [0.29, 0.717) is 23.9 Å². The fourth-order valence-electron chi connectivity index (χ4n) is 3.39. The Bertz CT molecular complexity index is 841. The van der Waals surface area contributed by atoms with Crippen molar-refractivity contribution < 1.29 is 8.42 Å². The van der Waals surface area contributed by atoms with E-state index in [2.05, 4.69) is 18.7 Å². The normalized spacial score (nSPS) is 16.7. The molecule has 0 unspecified atom stereocenters. The Morgan fingerprint density at radius 2 is 1.44 bits per heavy atom. The van der Waals surface area contributed by atoms with Gasteiger partial charge in [-0.15, -0.1) is 0 Å². The maximum Gasteiger partial charge on any atom is 0.243 e. The highest BCUT2D eigenvalue weighted by atomic mass is 35.5. The van der Waals surface area contributed by atoms with Crippen LogP contribution in [0.25, 0.3) is 0 Å². The van der Waals surface area contributed by atoms with Crippen molar-refractivity contribution in [3.63, 3.8) is 0 Å². The number of hydrogen-bond donors (Lipinski definition) is 0. The number of piperazine rings is 1. The van der Waals surface area contributed by atoms with E-state index in [1.807, 2.05) is 36.4 Å². The van der Waals surface area contributed by atoms with Crippen LogP contribution in [0.15, 0.2) is 53.4 Å². The molecule has 1 fully saturated rings. The summed E-state index contributed by atoms with van der Waals surface area (Å²) >= 11 is 5.93. The first-order valence-corrected chi connectivity index (χ1v) is 11.2. The predicted molar refractivity (Wildman–Crippen MR) is 110 cm³/mol. The molecule has 3 rings (SSSR count). The van der Waals surface area contributed by atoms with Crippen molar-refractivity contribution in [3.8, 4) is 0 Å². The highest BCUT2D eigenvalue weighted by molar-refractivity contribution is 7.89. The van der Waals surface area contributed by atoms with Crippen LogP contribution in [0, 0.1) is 5.92 Å². The van der Waals surface area contributed by atoms with Crippen LogP contribution in [0.4, 0.5) is 0 Å². The Morgan fingerprint density at radius 3 is 2.00 bits per heavy atom. The van der Waals surface area contributed by atoms with Crippen LogP contribution < -0.4 is 0 Å². The maximum atomic E-state index is 12.9. The molecule has 0 radical (unpaired) electrons. The van der Waals surface area contributed by atoms with E-state index >= 15 is 0 Å². The van der Waals surface area contributed by atoms with Gasteiger partial charge in [0.05, 0.1) is 4.90 Å². The molecule has 27 heavy (non-hydrogen) atoms. The van der Waals surface area contributed by atoms with Gasteiger partial charge in [-0.1, -0.05) is 49.7 Å². The lowest BCUT2D eigenvalue weighted by atomic mass is 10.0. The Kier molecular flexibility index (Phi) is 6.58. The van der Waals surface area contributed by atoms with Crippen molar-refractivity contribution in [1.29, 1.82) is 0 Å². The van der Waals surface area contributed by atoms with Gasteiger partial charge in [-0.25, -0.2) is 8.42 Å². The average Bonchev–Trinajstić information content (AvgIpc) is 2.64. The molecule has 2 aromatic carbocycles. The summed E-state index contributed by atoms with van der Waals surface area (Å²) in [6, 6.07) is 15.2. The second-order valence-corrected chi connectivity index (χ2v) is 9.92. The van der Waals surface area contributed by atoms with Crippen LogP contribution in [0.2, 0.25) is 5.02 Å². The van der Waals surface area contributed by atoms with Crippen LogP contribution >= 0.6 is 11.6 Å².